The van der Waals surface area contributed by atoms with Gasteiger partial charge < -0.3 is 5.11 Å². The molecule has 2 heteroatoms. The Morgan fingerprint density at radius 3 is 2.33 bits per heavy atom. The largest absolute Gasteiger partial charge is 0.392 e. The zero-order valence-electron chi connectivity index (χ0n) is 10.4. The van der Waals surface area contributed by atoms with Crippen molar-refractivity contribution in [3.05, 3.63) is 70.2 Å². The van der Waals surface area contributed by atoms with Crippen molar-refractivity contribution < 1.29 is 5.11 Å². The average molecular weight is 261 g/mol. The van der Waals surface area contributed by atoms with E-state index in [-0.39, 0.29) is 6.10 Å². The van der Waals surface area contributed by atoms with E-state index in [0.29, 0.717) is 12.8 Å². The van der Waals surface area contributed by atoms with Gasteiger partial charge >= 0.3 is 0 Å². The van der Waals surface area contributed by atoms with E-state index in [1.54, 1.807) is 0 Å². The summed E-state index contributed by atoms with van der Waals surface area (Å²) in [6.07, 6.45) is 0.994. The van der Waals surface area contributed by atoms with Gasteiger partial charge in [-0.2, -0.15) is 0 Å². The highest BCUT2D eigenvalue weighted by molar-refractivity contribution is 6.30. The molecular formula is C16H17ClO. The number of aliphatic hydroxyl groups is 1. The maximum atomic E-state index is 10.1. The standard InChI is InChI=1S/C16H17ClO/c1-12-4-2-3-5-14(12)11-16(18)10-13-6-8-15(17)9-7-13/h2-9,16,18H,10-11H2,1H3. The highest BCUT2D eigenvalue weighted by Gasteiger charge is 2.08. The van der Waals surface area contributed by atoms with E-state index < -0.39 is 0 Å². The van der Waals surface area contributed by atoms with Gasteiger partial charge in [0.2, 0.25) is 0 Å². The number of halogens is 1. The maximum absolute atomic E-state index is 10.1. The predicted molar refractivity (Wildman–Crippen MR) is 76.0 cm³/mol. The first-order valence-corrected chi connectivity index (χ1v) is 6.50. The lowest BCUT2D eigenvalue weighted by Crippen LogP contribution is -2.14. The van der Waals surface area contributed by atoms with Crippen molar-refractivity contribution in [3.8, 4) is 0 Å². The minimum Gasteiger partial charge on any atom is -0.392 e. The lowest BCUT2D eigenvalue weighted by atomic mass is 9.98. The molecule has 94 valence electrons. The summed E-state index contributed by atoms with van der Waals surface area (Å²) in [4.78, 5) is 0. The number of benzene rings is 2. The third-order valence-electron chi connectivity index (χ3n) is 3.10. The van der Waals surface area contributed by atoms with E-state index in [0.717, 1.165) is 10.6 Å². The highest BCUT2D eigenvalue weighted by Crippen LogP contribution is 2.14. The summed E-state index contributed by atoms with van der Waals surface area (Å²) >= 11 is 5.84. The number of hydrogen-bond donors (Lipinski definition) is 1. The molecule has 0 aliphatic heterocycles. The van der Waals surface area contributed by atoms with Crippen LogP contribution in [0.15, 0.2) is 48.5 Å². The summed E-state index contributed by atoms with van der Waals surface area (Å²) in [5, 5.41) is 10.8. The molecule has 0 spiro atoms. The molecule has 0 aliphatic rings. The SMILES string of the molecule is Cc1ccccc1CC(O)Cc1ccc(Cl)cc1. The quantitative estimate of drug-likeness (QED) is 0.887. The Hall–Kier alpha value is -1.31. The van der Waals surface area contributed by atoms with Crippen molar-refractivity contribution in [2.75, 3.05) is 0 Å². The second kappa shape index (κ2) is 6.03. The molecule has 1 N–H and O–H groups in total. The number of hydrogen-bond acceptors (Lipinski definition) is 1. The van der Waals surface area contributed by atoms with Gasteiger partial charge in [-0.1, -0.05) is 48.0 Å². The van der Waals surface area contributed by atoms with Crippen molar-refractivity contribution in [3.63, 3.8) is 0 Å². The lowest BCUT2D eigenvalue weighted by molar-refractivity contribution is 0.175. The van der Waals surface area contributed by atoms with Crippen molar-refractivity contribution >= 4 is 11.6 Å². The Balaban J connectivity index is 1.99. The summed E-state index contributed by atoms with van der Waals surface area (Å²) in [5.74, 6) is 0. The fourth-order valence-corrected chi connectivity index (χ4v) is 2.18. The van der Waals surface area contributed by atoms with Gasteiger partial charge in [0.15, 0.2) is 0 Å². The van der Waals surface area contributed by atoms with Gasteiger partial charge in [-0.3, -0.25) is 0 Å². The normalized spacial score (nSPS) is 12.4. The van der Waals surface area contributed by atoms with Crippen molar-refractivity contribution in [1.29, 1.82) is 0 Å². The second-order valence-electron chi connectivity index (χ2n) is 4.62. The Kier molecular flexibility index (Phi) is 4.40. The van der Waals surface area contributed by atoms with Gasteiger partial charge in [0.05, 0.1) is 6.10 Å². The molecule has 1 nitrogen and oxygen atoms in total. The Morgan fingerprint density at radius 2 is 1.67 bits per heavy atom. The Bertz CT molecular complexity index is 505. The monoisotopic (exact) mass is 260 g/mol. The fourth-order valence-electron chi connectivity index (χ4n) is 2.06. The molecule has 0 aromatic heterocycles. The first-order chi connectivity index (χ1) is 8.65. The number of aryl methyl sites for hydroxylation is 1. The van der Waals surface area contributed by atoms with E-state index in [1.165, 1.54) is 11.1 Å². The van der Waals surface area contributed by atoms with Gasteiger partial charge in [-0.05, 0) is 48.6 Å². The van der Waals surface area contributed by atoms with Crippen LogP contribution in [0.25, 0.3) is 0 Å². The molecule has 2 aromatic carbocycles. The zero-order valence-corrected chi connectivity index (χ0v) is 11.2. The van der Waals surface area contributed by atoms with Gasteiger partial charge in [-0.25, -0.2) is 0 Å². The lowest BCUT2D eigenvalue weighted by Gasteiger charge is -2.12. The van der Waals surface area contributed by atoms with Crippen LogP contribution in [0.1, 0.15) is 16.7 Å². The van der Waals surface area contributed by atoms with E-state index in [4.69, 9.17) is 11.6 Å². The van der Waals surface area contributed by atoms with Gasteiger partial charge in [-0.15, -0.1) is 0 Å². The summed E-state index contributed by atoms with van der Waals surface area (Å²) in [6.45, 7) is 2.07. The van der Waals surface area contributed by atoms with Gasteiger partial charge in [0.1, 0.15) is 0 Å². The fraction of sp³-hybridized carbons (Fsp3) is 0.250. The summed E-state index contributed by atoms with van der Waals surface area (Å²) < 4.78 is 0. The minimum absolute atomic E-state index is 0.354. The molecule has 0 radical (unpaired) electrons. The van der Waals surface area contributed by atoms with E-state index in [9.17, 15) is 5.11 Å². The van der Waals surface area contributed by atoms with Crippen LogP contribution in [0.3, 0.4) is 0 Å². The third kappa shape index (κ3) is 3.59. The van der Waals surface area contributed by atoms with Gasteiger partial charge in [0.25, 0.3) is 0 Å². The van der Waals surface area contributed by atoms with Crippen molar-refractivity contribution in [2.45, 2.75) is 25.9 Å². The molecule has 0 aliphatic carbocycles. The predicted octanol–water partition coefficient (Wildman–Crippen LogP) is 3.79. The van der Waals surface area contributed by atoms with E-state index in [2.05, 4.69) is 19.1 Å². The first-order valence-electron chi connectivity index (χ1n) is 6.12. The molecular weight excluding hydrogens is 244 g/mol. The molecule has 2 aromatic rings. The molecule has 18 heavy (non-hydrogen) atoms. The van der Waals surface area contributed by atoms with Crippen LogP contribution in [0.4, 0.5) is 0 Å². The molecule has 2 rings (SSSR count). The molecule has 0 bridgehead atoms. The van der Waals surface area contributed by atoms with Crippen LogP contribution in [-0.4, -0.2) is 11.2 Å². The number of aliphatic hydroxyl groups excluding tert-OH is 1. The molecule has 0 saturated heterocycles. The molecule has 0 saturated carbocycles. The molecule has 0 amide bonds. The van der Waals surface area contributed by atoms with Crippen LogP contribution in [-0.2, 0) is 12.8 Å². The van der Waals surface area contributed by atoms with Crippen molar-refractivity contribution in [1.82, 2.24) is 0 Å². The smallest absolute Gasteiger partial charge is 0.0620 e. The Labute approximate surface area is 113 Å². The maximum Gasteiger partial charge on any atom is 0.0620 e. The summed E-state index contributed by atoms with van der Waals surface area (Å²) in [7, 11) is 0. The van der Waals surface area contributed by atoms with E-state index >= 15 is 0 Å². The molecule has 1 atom stereocenters. The summed E-state index contributed by atoms with van der Waals surface area (Å²) in [5.41, 5.74) is 3.55. The van der Waals surface area contributed by atoms with Gasteiger partial charge in [0, 0.05) is 5.02 Å². The highest BCUT2D eigenvalue weighted by atomic mass is 35.5. The second-order valence-corrected chi connectivity index (χ2v) is 5.05. The third-order valence-corrected chi connectivity index (χ3v) is 3.35. The first kappa shape index (κ1) is 13.1. The van der Waals surface area contributed by atoms with Crippen LogP contribution in [0.2, 0.25) is 5.02 Å². The van der Waals surface area contributed by atoms with Crippen LogP contribution >= 0.6 is 11.6 Å². The summed E-state index contributed by atoms with van der Waals surface area (Å²) in [6, 6.07) is 15.8. The van der Waals surface area contributed by atoms with E-state index in [1.807, 2.05) is 36.4 Å². The zero-order chi connectivity index (χ0) is 13.0. The van der Waals surface area contributed by atoms with Crippen LogP contribution < -0.4 is 0 Å². The molecule has 0 fully saturated rings. The van der Waals surface area contributed by atoms with Crippen LogP contribution in [0, 0.1) is 6.92 Å². The number of rotatable bonds is 4. The van der Waals surface area contributed by atoms with Crippen molar-refractivity contribution in [2.24, 2.45) is 0 Å². The minimum atomic E-state index is -0.354. The van der Waals surface area contributed by atoms with Crippen LogP contribution in [0.5, 0.6) is 0 Å². The average Bonchev–Trinajstić information content (AvgIpc) is 2.35. The topological polar surface area (TPSA) is 20.2 Å². The molecule has 0 heterocycles. The Morgan fingerprint density at radius 1 is 1.00 bits per heavy atom. The molecule has 1 unspecified atom stereocenters.